The van der Waals surface area contributed by atoms with Crippen LogP contribution in [-0.2, 0) is 6.54 Å². The first kappa shape index (κ1) is 26.1. The van der Waals surface area contributed by atoms with Gasteiger partial charge in [-0.1, -0.05) is 73.3 Å². The highest BCUT2D eigenvalue weighted by molar-refractivity contribution is 6.36. The minimum atomic E-state index is -0.104. The third kappa shape index (κ3) is 5.61. The second-order valence-electron chi connectivity index (χ2n) is 10.5. The van der Waals surface area contributed by atoms with E-state index in [1.165, 1.54) is 37.7 Å². The SMILES string of the molecule is Bc1cnn2c(NCc3cccc(NC(=O)c4ccc(C5CCCCC5)cc4)c3)cc(-c3ccccc3Cl)nc12. The van der Waals surface area contributed by atoms with Crippen LogP contribution in [0.4, 0.5) is 11.5 Å². The molecule has 1 amide bonds. The van der Waals surface area contributed by atoms with Crippen LogP contribution in [-0.4, -0.2) is 28.4 Å². The van der Waals surface area contributed by atoms with Crippen molar-refractivity contribution in [3.8, 4) is 11.3 Å². The maximum atomic E-state index is 13.0. The molecule has 0 radical (unpaired) electrons. The summed E-state index contributed by atoms with van der Waals surface area (Å²) in [6, 6.07) is 25.7. The number of carbonyl (C=O) groups excluding carboxylic acids is 1. The van der Waals surface area contributed by atoms with Gasteiger partial charge in [0, 0.05) is 40.6 Å². The zero-order valence-electron chi connectivity index (χ0n) is 22.5. The van der Waals surface area contributed by atoms with Gasteiger partial charge in [-0.15, -0.1) is 0 Å². The summed E-state index contributed by atoms with van der Waals surface area (Å²) in [5.74, 6) is 1.33. The smallest absolute Gasteiger partial charge is 0.255 e. The molecular formula is C32H31BClN5O. The fourth-order valence-corrected chi connectivity index (χ4v) is 5.74. The fraction of sp³-hybridized carbons (Fsp3) is 0.219. The molecule has 3 aromatic carbocycles. The number of hydrogen-bond acceptors (Lipinski definition) is 4. The lowest BCUT2D eigenvalue weighted by Crippen LogP contribution is -2.13. The molecule has 1 aliphatic carbocycles. The van der Waals surface area contributed by atoms with Crippen LogP contribution < -0.4 is 16.1 Å². The first-order valence-electron chi connectivity index (χ1n) is 13.9. The number of fused-ring (bicyclic) bond motifs is 1. The number of hydrogen-bond donors (Lipinski definition) is 2. The van der Waals surface area contributed by atoms with Gasteiger partial charge in [-0.25, -0.2) is 4.98 Å². The molecule has 40 heavy (non-hydrogen) atoms. The monoisotopic (exact) mass is 547 g/mol. The Morgan fingerprint density at radius 2 is 1.77 bits per heavy atom. The van der Waals surface area contributed by atoms with Gasteiger partial charge in [-0.05, 0) is 65.7 Å². The highest BCUT2D eigenvalue weighted by atomic mass is 35.5. The molecule has 200 valence electrons. The lowest BCUT2D eigenvalue weighted by molar-refractivity contribution is 0.102. The number of nitrogens with one attached hydrogen (secondary N) is 2. The van der Waals surface area contributed by atoms with Crippen molar-refractivity contribution in [1.29, 1.82) is 0 Å². The molecule has 8 heteroatoms. The molecule has 2 heterocycles. The number of rotatable bonds is 7. The van der Waals surface area contributed by atoms with Crippen molar-refractivity contribution < 1.29 is 4.79 Å². The Kier molecular flexibility index (Phi) is 7.56. The van der Waals surface area contributed by atoms with Crippen molar-refractivity contribution in [2.45, 2.75) is 44.6 Å². The number of nitrogens with zero attached hydrogens (tertiary/aromatic N) is 3. The number of benzene rings is 3. The van der Waals surface area contributed by atoms with Crippen LogP contribution in [0.1, 0.15) is 59.5 Å². The maximum Gasteiger partial charge on any atom is 0.255 e. The molecule has 0 atom stereocenters. The Morgan fingerprint density at radius 3 is 2.58 bits per heavy atom. The van der Waals surface area contributed by atoms with E-state index in [2.05, 4.69) is 27.9 Å². The van der Waals surface area contributed by atoms with Crippen LogP contribution in [0.2, 0.25) is 5.02 Å². The van der Waals surface area contributed by atoms with Crippen molar-refractivity contribution in [3.05, 3.63) is 107 Å². The predicted molar refractivity (Wildman–Crippen MR) is 166 cm³/mol. The molecule has 0 bridgehead atoms. The summed E-state index contributed by atoms with van der Waals surface area (Å²) < 4.78 is 1.80. The summed E-state index contributed by atoms with van der Waals surface area (Å²) in [5.41, 5.74) is 7.20. The van der Waals surface area contributed by atoms with Crippen molar-refractivity contribution in [2.24, 2.45) is 0 Å². The molecule has 0 saturated heterocycles. The van der Waals surface area contributed by atoms with Crippen molar-refractivity contribution >= 4 is 48.0 Å². The second-order valence-corrected chi connectivity index (χ2v) is 10.9. The molecule has 0 spiro atoms. The summed E-state index contributed by atoms with van der Waals surface area (Å²) >= 11 is 6.48. The van der Waals surface area contributed by atoms with Gasteiger partial charge in [0.15, 0.2) is 5.65 Å². The number of aromatic nitrogens is 3. The molecule has 2 aromatic heterocycles. The molecule has 6 rings (SSSR count). The lowest BCUT2D eigenvalue weighted by atomic mass is 9.84. The summed E-state index contributed by atoms with van der Waals surface area (Å²) in [6.07, 6.45) is 8.24. The fourth-order valence-electron chi connectivity index (χ4n) is 5.50. The van der Waals surface area contributed by atoms with Gasteiger partial charge < -0.3 is 10.6 Å². The van der Waals surface area contributed by atoms with E-state index in [1.54, 1.807) is 4.52 Å². The van der Waals surface area contributed by atoms with Crippen LogP contribution in [0.5, 0.6) is 0 Å². The van der Waals surface area contributed by atoms with E-state index in [9.17, 15) is 4.79 Å². The van der Waals surface area contributed by atoms with Gasteiger partial charge in [0.2, 0.25) is 0 Å². The van der Waals surface area contributed by atoms with Gasteiger partial charge in [0.05, 0.1) is 5.69 Å². The standard InChI is InChI=1S/C32H31BClN5O/c33-27-20-36-39-30(18-29(38-31(27)39)26-11-4-5-12-28(26)34)35-19-21-7-6-10-25(17-21)37-32(40)24-15-13-23(14-16-24)22-8-2-1-3-9-22/h4-7,10-18,20,22,35H,1-3,8-9,19,33H2,(H,37,40). The molecule has 6 nitrogen and oxygen atoms in total. The molecule has 1 aliphatic rings. The maximum absolute atomic E-state index is 13.0. The Balaban J connectivity index is 1.17. The molecular weight excluding hydrogens is 517 g/mol. The Hall–Kier alpha value is -4.10. The molecule has 2 N–H and O–H groups in total. The van der Waals surface area contributed by atoms with Crippen molar-refractivity contribution in [2.75, 3.05) is 10.6 Å². The van der Waals surface area contributed by atoms with E-state index in [0.29, 0.717) is 23.0 Å². The van der Waals surface area contributed by atoms with Gasteiger partial charge in [-0.3, -0.25) is 4.79 Å². The van der Waals surface area contributed by atoms with E-state index < -0.39 is 0 Å². The highest BCUT2D eigenvalue weighted by Crippen LogP contribution is 2.33. The van der Waals surface area contributed by atoms with Crippen molar-refractivity contribution in [1.82, 2.24) is 14.6 Å². The largest absolute Gasteiger partial charge is 0.366 e. The summed E-state index contributed by atoms with van der Waals surface area (Å²) in [6.45, 7) is 0.541. The van der Waals surface area contributed by atoms with Crippen LogP contribution >= 0.6 is 11.6 Å². The minimum Gasteiger partial charge on any atom is -0.366 e. The average molecular weight is 548 g/mol. The molecule has 5 aromatic rings. The third-order valence-electron chi connectivity index (χ3n) is 7.71. The van der Waals surface area contributed by atoms with Gasteiger partial charge in [0.1, 0.15) is 13.7 Å². The van der Waals surface area contributed by atoms with Gasteiger partial charge >= 0.3 is 0 Å². The first-order valence-corrected chi connectivity index (χ1v) is 14.3. The average Bonchev–Trinajstić information content (AvgIpc) is 3.37. The highest BCUT2D eigenvalue weighted by Gasteiger charge is 2.16. The third-order valence-corrected chi connectivity index (χ3v) is 8.04. The zero-order valence-corrected chi connectivity index (χ0v) is 23.3. The van der Waals surface area contributed by atoms with Crippen LogP contribution in [0, 0.1) is 0 Å². The van der Waals surface area contributed by atoms with Crippen molar-refractivity contribution in [3.63, 3.8) is 0 Å². The Bertz CT molecular complexity index is 1660. The zero-order chi connectivity index (χ0) is 27.5. The quantitative estimate of drug-likeness (QED) is 0.237. The van der Waals surface area contributed by atoms with Crippen LogP contribution in [0.3, 0.4) is 0 Å². The number of anilines is 2. The number of halogens is 1. The van der Waals surface area contributed by atoms with E-state index in [1.807, 2.05) is 80.8 Å². The van der Waals surface area contributed by atoms with E-state index in [-0.39, 0.29) is 5.91 Å². The van der Waals surface area contributed by atoms with Crippen LogP contribution in [0.15, 0.2) is 85.1 Å². The molecule has 0 unspecified atom stereocenters. The van der Waals surface area contributed by atoms with Gasteiger partial charge in [-0.2, -0.15) is 9.61 Å². The van der Waals surface area contributed by atoms with E-state index in [0.717, 1.165) is 39.4 Å². The Morgan fingerprint density at radius 1 is 0.975 bits per heavy atom. The van der Waals surface area contributed by atoms with Gasteiger partial charge in [0.25, 0.3) is 5.91 Å². The normalized spacial score (nSPS) is 13.8. The second kappa shape index (κ2) is 11.6. The van der Waals surface area contributed by atoms with E-state index in [4.69, 9.17) is 16.6 Å². The lowest BCUT2D eigenvalue weighted by Gasteiger charge is -2.22. The molecule has 1 saturated carbocycles. The molecule has 1 fully saturated rings. The minimum absolute atomic E-state index is 0.104. The summed E-state index contributed by atoms with van der Waals surface area (Å²) in [5, 5.41) is 11.7. The summed E-state index contributed by atoms with van der Waals surface area (Å²) in [4.78, 5) is 17.8. The molecule has 0 aliphatic heterocycles. The predicted octanol–water partition coefficient (Wildman–Crippen LogP) is 6.22. The number of carbonyl (C=O) groups is 1. The summed E-state index contributed by atoms with van der Waals surface area (Å²) in [7, 11) is 1.99. The first-order chi connectivity index (χ1) is 19.5. The Labute approximate surface area is 240 Å². The van der Waals surface area contributed by atoms with Crippen LogP contribution in [0.25, 0.3) is 16.9 Å². The number of amides is 1. The van der Waals surface area contributed by atoms with E-state index >= 15 is 0 Å². The topological polar surface area (TPSA) is 71.3 Å².